The highest BCUT2D eigenvalue weighted by molar-refractivity contribution is 5.96. The summed E-state index contributed by atoms with van der Waals surface area (Å²) in [5.74, 6) is 3.06. The predicted octanol–water partition coefficient (Wildman–Crippen LogP) is 14.7. The highest BCUT2D eigenvalue weighted by atomic mass is 16.6. The zero-order chi connectivity index (χ0) is 38.2. The van der Waals surface area contributed by atoms with Crippen LogP contribution in [-0.2, 0) is 5.41 Å². The Morgan fingerprint density at radius 3 is 1.71 bits per heavy atom. The van der Waals surface area contributed by atoms with Crippen molar-refractivity contribution in [3.63, 3.8) is 0 Å². The van der Waals surface area contributed by atoms with E-state index in [2.05, 4.69) is 211 Å². The Hall–Kier alpha value is -7.36. The van der Waals surface area contributed by atoms with Gasteiger partial charge in [0.15, 0.2) is 23.0 Å². The molecule has 0 saturated carbocycles. The normalized spacial score (nSPS) is 15.6. The minimum atomic E-state index is -0.468. The third-order valence-corrected chi connectivity index (χ3v) is 12.5. The smallest absolute Gasteiger partial charge is 0.172 e. The van der Waals surface area contributed by atoms with E-state index in [0.29, 0.717) is 17.2 Å². The lowest BCUT2D eigenvalue weighted by molar-refractivity contribution is 0.359. The van der Waals surface area contributed by atoms with E-state index in [9.17, 15) is 0 Å². The summed E-state index contributed by atoms with van der Waals surface area (Å²) in [5.41, 5.74) is 16.4. The van der Waals surface area contributed by atoms with E-state index in [1.165, 1.54) is 50.1 Å². The van der Waals surface area contributed by atoms with E-state index in [1.54, 1.807) is 0 Å². The molecule has 0 bridgehead atoms. The van der Waals surface area contributed by atoms with Crippen molar-refractivity contribution in [2.24, 2.45) is 0 Å². The second-order valence-corrected chi connectivity index (χ2v) is 15.5. The maximum atomic E-state index is 7.03. The quantitative estimate of drug-likeness (QED) is 0.175. The van der Waals surface area contributed by atoms with Crippen molar-refractivity contribution in [1.82, 2.24) is 0 Å². The van der Waals surface area contributed by atoms with Crippen molar-refractivity contribution in [2.45, 2.75) is 17.8 Å². The first kappa shape index (κ1) is 32.8. The van der Waals surface area contributed by atoms with Crippen LogP contribution in [0.3, 0.4) is 0 Å². The molecule has 0 radical (unpaired) electrons. The Morgan fingerprint density at radius 1 is 0.431 bits per heavy atom. The van der Waals surface area contributed by atoms with E-state index in [0.717, 1.165) is 40.4 Å². The fraction of sp³-hybridized carbons (Fsp3) is 0.0545. The molecule has 3 aliphatic carbocycles. The summed E-state index contributed by atoms with van der Waals surface area (Å²) in [4.78, 5) is 2.39. The third kappa shape index (κ3) is 4.74. The SMILES string of the molecule is C1=CCC(c2ccccc2N(c2ccc3c(c2)Oc2cc4c(cc2O3)-c2ccccc2C42c3ccccc3-c3ccccc32)c2ccccc2-c2ccccc2)C=C1. The molecule has 3 nitrogen and oxygen atoms in total. The highest BCUT2D eigenvalue weighted by Gasteiger charge is 2.52. The van der Waals surface area contributed by atoms with Crippen molar-refractivity contribution in [2.75, 3.05) is 4.90 Å². The average molecular weight is 744 g/mol. The average Bonchev–Trinajstić information content (AvgIpc) is 3.75. The lowest BCUT2D eigenvalue weighted by atomic mass is 9.70. The zero-order valence-electron chi connectivity index (χ0n) is 31.7. The van der Waals surface area contributed by atoms with Gasteiger partial charge in [-0.3, -0.25) is 0 Å². The number of ether oxygens (including phenoxy) is 2. The van der Waals surface area contributed by atoms with Crippen molar-refractivity contribution in [3.05, 3.63) is 234 Å². The van der Waals surface area contributed by atoms with Crippen molar-refractivity contribution < 1.29 is 9.47 Å². The van der Waals surface area contributed by atoms with Crippen LogP contribution in [0.25, 0.3) is 33.4 Å². The first-order chi connectivity index (χ1) is 28.8. The van der Waals surface area contributed by atoms with Gasteiger partial charge in [0.1, 0.15) is 0 Å². The number of para-hydroxylation sites is 2. The van der Waals surface area contributed by atoms with Crippen LogP contribution in [0.5, 0.6) is 23.0 Å². The summed E-state index contributed by atoms with van der Waals surface area (Å²) in [6.07, 6.45) is 9.82. The van der Waals surface area contributed by atoms with Crippen LogP contribution >= 0.6 is 0 Å². The molecule has 0 N–H and O–H groups in total. The lowest BCUT2D eigenvalue weighted by Gasteiger charge is -2.33. The largest absolute Gasteiger partial charge is 0.449 e. The number of anilines is 3. The van der Waals surface area contributed by atoms with Crippen LogP contribution < -0.4 is 14.4 Å². The molecule has 274 valence electrons. The summed E-state index contributed by atoms with van der Waals surface area (Å²) >= 11 is 0. The van der Waals surface area contributed by atoms with E-state index in [-0.39, 0.29) is 5.92 Å². The van der Waals surface area contributed by atoms with Gasteiger partial charge >= 0.3 is 0 Å². The van der Waals surface area contributed by atoms with E-state index in [4.69, 9.17) is 9.47 Å². The molecule has 12 rings (SSSR count). The molecule has 1 heterocycles. The van der Waals surface area contributed by atoms with Crippen molar-refractivity contribution in [3.8, 4) is 56.4 Å². The van der Waals surface area contributed by atoms with Gasteiger partial charge in [-0.05, 0) is 98.5 Å². The molecule has 1 spiro atoms. The number of allylic oxidation sites excluding steroid dienone is 4. The second-order valence-electron chi connectivity index (χ2n) is 15.5. The van der Waals surface area contributed by atoms with Gasteiger partial charge < -0.3 is 14.4 Å². The maximum Gasteiger partial charge on any atom is 0.172 e. The minimum Gasteiger partial charge on any atom is -0.449 e. The number of hydrogen-bond acceptors (Lipinski definition) is 3. The second kappa shape index (κ2) is 12.8. The van der Waals surface area contributed by atoms with Gasteiger partial charge in [-0.15, -0.1) is 0 Å². The van der Waals surface area contributed by atoms with Crippen LogP contribution in [0.4, 0.5) is 17.1 Å². The number of benzene rings is 8. The van der Waals surface area contributed by atoms with Gasteiger partial charge in [0.05, 0.1) is 16.8 Å². The molecular weight excluding hydrogens is 707 g/mol. The van der Waals surface area contributed by atoms with Crippen LogP contribution in [0.15, 0.2) is 206 Å². The van der Waals surface area contributed by atoms with Gasteiger partial charge in [-0.2, -0.15) is 0 Å². The fourth-order valence-electron chi connectivity index (χ4n) is 10.0. The summed E-state index contributed by atoms with van der Waals surface area (Å²) < 4.78 is 13.8. The molecule has 0 saturated heterocycles. The molecule has 1 unspecified atom stereocenters. The molecule has 1 atom stereocenters. The molecule has 58 heavy (non-hydrogen) atoms. The van der Waals surface area contributed by atoms with E-state index < -0.39 is 5.41 Å². The maximum absolute atomic E-state index is 7.03. The summed E-state index contributed by atoms with van der Waals surface area (Å²) in [7, 11) is 0. The highest BCUT2D eigenvalue weighted by Crippen LogP contribution is 2.64. The molecule has 8 aromatic rings. The number of nitrogens with zero attached hydrogens (tertiary/aromatic N) is 1. The number of rotatable bonds is 5. The third-order valence-electron chi connectivity index (χ3n) is 12.5. The van der Waals surface area contributed by atoms with E-state index >= 15 is 0 Å². The molecule has 8 aromatic carbocycles. The fourth-order valence-corrected chi connectivity index (χ4v) is 10.0. The topological polar surface area (TPSA) is 21.7 Å². The van der Waals surface area contributed by atoms with Gasteiger partial charge in [0, 0.05) is 23.2 Å². The van der Waals surface area contributed by atoms with E-state index in [1.807, 2.05) is 0 Å². The Balaban J connectivity index is 1.02. The predicted molar refractivity (Wildman–Crippen MR) is 235 cm³/mol. The summed E-state index contributed by atoms with van der Waals surface area (Å²) in [6, 6.07) is 65.6. The summed E-state index contributed by atoms with van der Waals surface area (Å²) in [5, 5.41) is 0. The Labute approximate surface area is 338 Å². The Kier molecular flexibility index (Phi) is 7.27. The Bertz CT molecular complexity index is 2970. The molecule has 0 amide bonds. The Morgan fingerprint density at radius 2 is 1.00 bits per heavy atom. The van der Waals surface area contributed by atoms with Gasteiger partial charge in [0.2, 0.25) is 0 Å². The van der Waals surface area contributed by atoms with Gasteiger partial charge in [-0.25, -0.2) is 0 Å². The lowest BCUT2D eigenvalue weighted by Crippen LogP contribution is -2.25. The molecule has 0 fully saturated rings. The molecular formula is C55H37NO2. The summed E-state index contributed by atoms with van der Waals surface area (Å²) in [6.45, 7) is 0. The van der Waals surface area contributed by atoms with Crippen LogP contribution in [0.1, 0.15) is 40.2 Å². The van der Waals surface area contributed by atoms with Crippen LogP contribution in [0.2, 0.25) is 0 Å². The van der Waals surface area contributed by atoms with Gasteiger partial charge in [-0.1, -0.05) is 164 Å². The molecule has 0 aromatic heterocycles. The first-order valence-electron chi connectivity index (χ1n) is 20.1. The number of fused-ring (bicyclic) bond motifs is 12. The number of hydrogen-bond donors (Lipinski definition) is 0. The monoisotopic (exact) mass is 743 g/mol. The van der Waals surface area contributed by atoms with Crippen molar-refractivity contribution in [1.29, 1.82) is 0 Å². The molecule has 4 aliphatic rings. The zero-order valence-corrected chi connectivity index (χ0v) is 31.7. The first-order valence-corrected chi connectivity index (χ1v) is 20.1. The minimum absolute atomic E-state index is 0.251. The van der Waals surface area contributed by atoms with Gasteiger partial charge in [0.25, 0.3) is 0 Å². The van der Waals surface area contributed by atoms with Crippen molar-refractivity contribution >= 4 is 17.1 Å². The van der Waals surface area contributed by atoms with Crippen LogP contribution in [-0.4, -0.2) is 0 Å². The molecule has 3 heteroatoms. The van der Waals surface area contributed by atoms with Crippen LogP contribution in [0, 0.1) is 0 Å². The standard InChI is InChI=1S/C55H37NO2/c1-3-17-36(18-4-1)39-21-10-15-29-49(39)56(50-30-16-11-22-40(50)37-19-5-2-6-20-37)38-31-32-51-52(33-38)58-54-35-48-44(34-53(54)57-51)43-25-9-14-28-47(43)55(48)45-26-12-7-23-41(45)42-24-8-13-27-46(42)55/h1-19,21-35,37H,20H2. The molecule has 1 aliphatic heterocycles.